The van der Waals surface area contributed by atoms with Crippen molar-refractivity contribution in [2.45, 2.75) is 38.2 Å². The van der Waals surface area contributed by atoms with Crippen molar-refractivity contribution in [2.24, 2.45) is 0 Å². The molecule has 180 valence electrons. The zero-order chi connectivity index (χ0) is 24.4. The zero-order valence-electron chi connectivity index (χ0n) is 18.8. The predicted octanol–water partition coefficient (Wildman–Crippen LogP) is 4.76. The van der Waals surface area contributed by atoms with Crippen LogP contribution in [0.5, 0.6) is 11.8 Å². The molecule has 1 saturated carbocycles. The molecule has 0 saturated heterocycles. The zero-order valence-corrected chi connectivity index (χ0v) is 19.7. The minimum absolute atomic E-state index is 0.00190. The molecule has 0 aliphatic heterocycles. The summed E-state index contributed by atoms with van der Waals surface area (Å²) in [6.07, 6.45) is 6.74. The fraction of sp³-hybridized carbons (Fsp3) is 0.304. The smallest absolute Gasteiger partial charge is 0.324 e. The first kappa shape index (κ1) is 22.7. The molecule has 4 aromatic rings. The highest BCUT2D eigenvalue weighted by Crippen LogP contribution is 2.30. The summed E-state index contributed by atoms with van der Waals surface area (Å²) in [5, 5.41) is 18.6. The number of thiophene rings is 1. The van der Waals surface area contributed by atoms with Crippen molar-refractivity contribution in [3.05, 3.63) is 57.6 Å². The third-order valence-electron chi connectivity index (χ3n) is 5.78. The van der Waals surface area contributed by atoms with Crippen LogP contribution in [0.15, 0.2) is 42.6 Å². The van der Waals surface area contributed by atoms with Crippen molar-refractivity contribution in [2.75, 3.05) is 12.4 Å². The van der Waals surface area contributed by atoms with Gasteiger partial charge >= 0.3 is 11.0 Å². The lowest BCUT2D eigenvalue weighted by Crippen LogP contribution is -2.21. The summed E-state index contributed by atoms with van der Waals surface area (Å²) >= 11 is 0.793. The molecular formula is C23H22N6O5S. The summed E-state index contributed by atoms with van der Waals surface area (Å²) in [4.78, 5) is 32.6. The number of rotatable bonds is 7. The van der Waals surface area contributed by atoms with Crippen LogP contribution in [0.25, 0.3) is 16.7 Å². The van der Waals surface area contributed by atoms with Gasteiger partial charge < -0.3 is 14.8 Å². The molecule has 11 nitrogen and oxygen atoms in total. The minimum atomic E-state index is -0.528. The molecule has 1 fully saturated rings. The van der Waals surface area contributed by atoms with E-state index in [4.69, 9.17) is 9.47 Å². The van der Waals surface area contributed by atoms with Crippen LogP contribution >= 0.6 is 11.3 Å². The Kier molecular flexibility index (Phi) is 6.27. The van der Waals surface area contributed by atoms with Crippen molar-refractivity contribution in [1.82, 2.24) is 19.7 Å². The van der Waals surface area contributed by atoms with E-state index in [2.05, 4.69) is 20.4 Å². The second kappa shape index (κ2) is 9.66. The number of carbonyl (C=O) groups excluding carboxylic acids is 1. The Labute approximate surface area is 203 Å². The fourth-order valence-corrected chi connectivity index (χ4v) is 4.71. The summed E-state index contributed by atoms with van der Waals surface area (Å²) in [5.41, 5.74) is 1.21. The van der Waals surface area contributed by atoms with Crippen LogP contribution < -0.4 is 14.8 Å². The van der Waals surface area contributed by atoms with E-state index in [1.165, 1.54) is 18.6 Å². The molecule has 0 radical (unpaired) electrons. The maximum Gasteiger partial charge on any atom is 0.324 e. The number of nitrogens with one attached hydrogen (secondary N) is 1. The van der Waals surface area contributed by atoms with Gasteiger partial charge in [-0.25, -0.2) is 4.68 Å². The number of aromatic nitrogens is 4. The van der Waals surface area contributed by atoms with Crippen LogP contribution in [0.1, 0.15) is 41.8 Å². The highest BCUT2D eigenvalue weighted by Gasteiger charge is 2.22. The second-order valence-corrected chi connectivity index (χ2v) is 9.14. The molecule has 3 aromatic heterocycles. The molecule has 5 rings (SSSR count). The number of fused-ring (bicyclic) bond motifs is 1. The molecule has 35 heavy (non-hydrogen) atoms. The van der Waals surface area contributed by atoms with Gasteiger partial charge in [0.15, 0.2) is 11.5 Å². The first-order valence-corrected chi connectivity index (χ1v) is 12.0. The topological polar surface area (TPSA) is 134 Å². The maximum absolute atomic E-state index is 12.9. The Balaban J connectivity index is 1.53. The van der Waals surface area contributed by atoms with Crippen LogP contribution in [0, 0.1) is 10.1 Å². The van der Waals surface area contributed by atoms with E-state index < -0.39 is 10.8 Å². The normalized spacial score (nSPS) is 14.1. The number of carbonyl (C=O) groups is 1. The molecule has 0 spiro atoms. The minimum Gasteiger partial charge on any atom is -0.497 e. The van der Waals surface area contributed by atoms with Crippen molar-refractivity contribution in [3.8, 4) is 17.4 Å². The van der Waals surface area contributed by atoms with Gasteiger partial charge in [0, 0.05) is 6.07 Å². The lowest BCUT2D eigenvalue weighted by atomic mass is 9.98. The van der Waals surface area contributed by atoms with Crippen LogP contribution in [-0.2, 0) is 0 Å². The van der Waals surface area contributed by atoms with Crippen LogP contribution in [0.2, 0.25) is 0 Å². The number of benzene rings is 1. The van der Waals surface area contributed by atoms with Crippen LogP contribution in [0.4, 0.5) is 10.8 Å². The largest absolute Gasteiger partial charge is 0.497 e. The SMILES string of the molecule is COc1ccc(-n2ncc3c(NC(=O)c4ccc([N+](=O)[O-])s4)nc(OC4CCCCC4)nc32)cc1. The summed E-state index contributed by atoms with van der Waals surface area (Å²) < 4.78 is 13.0. The fourth-order valence-electron chi connectivity index (χ4n) is 4.00. The van der Waals surface area contributed by atoms with Gasteiger partial charge in [-0.3, -0.25) is 14.9 Å². The number of ether oxygens (including phenoxy) is 2. The number of nitrogens with zero attached hydrogens (tertiary/aromatic N) is 5. The Hall–Kier alpha value is -4.06. The Morgan fingerprint density at radius 3 is 2.60 bits per heavy atom. The average Bonchev–Trinajstić information content (AvgIpc) is 3.53. The molecular weight excluding hydrogens is 472 g/mol. The van der Waals surface area contributed by atoms with Gasteiger partial charge in [0.25, 0.3) is 5.91 Å². The molecule has 1 aromatic carbocycles. The van der Waals surface area contributed by atoms with Gasteiger partial charge in [0.05, 0.1) is 34.2 Å². The van der Waals surface area contributed by atoms with E-state index >= 15 is 0 Å². The second-order valence-electron chi connectivity index (χ2n) is 8.07. The van der Waals surface area contributed by atoms with Crippen molar-refractivity contribution in [1.29, 1.82) is 0 Å². The number of methoxy groups -OCH3 is 1. The van der Waals surface area contributed by atoms with Gasteiger partial charge in [-0.15, -0.1) is 0 Å². The van der Waals surface area contributed by atoms with Gasteiger partial charge in [0.2, 0.25) is 0 Å². The molecule has 1 amide bonds. The summed E-state index contributed by atoms with van der Waals surface area (Å²) in [6, 6.07) is 10.2. The van der Waals surface area contributed by atoms with Crippen LogP contribution in [-0.4, -0.2) is 43.8 Å². The lowest BCUT2D eigenvalue weighted by Gasteiger charge is -2.22. The standard InChI is InChI=1S/C23H22N6O5S/c1-33-15-9-7-14(8-10-15)28-21-17(13-24-28)20(25-22(30)18-11-12-19(35-18)29(31)32)26-23(27-21)34-16-5-3-2-4-6-16/h7-13,16H,2-6H2,1H3,(H,25,26,27,30). The van der Waals surface area contributed by atoms with Gasteiger partial charge in [-0.05, 0) is 56.0 Å². The Bertz CT molecular complexity index is 1380. The average molecular weight is 495 g/mol. The van der Waals surface area contributed by atoms with Crippen molar-refractivity contribution >= 4 is 39.1 Å². The molecule has 3 heterocycles. The van der Waals surface area contributed by atoms with Crippen molar-refractivity contribution < 1.29 is 19.2 Å². The van der Waals surface area contributed by atoms with E-state index in [9.17, 15) is 14.9 Å². The predicted molar refractivity (Wildman–Crippen MR) is 130 cm³/mol. The monoisotopic (exact) mass is 494 g/mol. The van der Waals surface area contributed by atoms with Crippen LogP contribution in [0.3, 0.4) is 0 Å². The first-order valence-electron chi connectivity index (χ1n) is 11.1. The van der Waals surface area contributed by atoms with E-state index in [0.717, 1.165) is 42.7 Å². The van der Waals surface area contributed by atoms with E-state index in [1.54, 1.807) is 18.0 Å². The number of hydrogen-bond donors (Lipinski definition) is 1. The van der Waals surface area contributed by atoms with E-state index in [-0.39, 0.29) is 27.8 Å². The molecule has 0 unspecified atom stereocenters. The third kappa shape index (κ3) is 4.78. The first-order chi connectivity index (χ1) is 17.0. The van der Waals surface area contributed by atoms with E-state index in [1.807, 2.05) is 24.3 Å². The number of hydrogen-bond acceptors (Lipinski definition) is 9. The highest BCUT2D eigenvalue weighted by molar-refractivity contribution is 7.17. The molecule has 12 heteroatoms. The molecule has 1 aliphatic rings. The van der Waals surface area contributed by atoms with Gasteiger partial charge in [0.1, 0.15) is 11.9 Å². The summed E-state index contributed by atoms with van der Waals surface area (Å²) in [5.74, 6) is 0.421. The quantitative estimate of drug-likeness (QED) is 0.287. The van der Waals surface area contributed by atoms with Gasteiger partial charge in [-0.1, -0.05) is 17.8 Å². The summed E-state index contributed by atoms with van der Waals surface area (Å²) in [7, 11) is 1.59. The Morgan fingerprint density at radius 2 is 1.91 bits per heavy atom. The Morgan fingerprint density at radius 1 is 1.14 bits per heavy atom. The highest BCUT2D eigenvalue weighted by atomic mass is 32.1. The summed E-state index contributed by atoms with van der Waals surface area (Å²) in [6.45, 7) is 0. The lowest BCUT2D eigenvalue weighted by molar-refractivity contribution is -0.380. The number of anilines is 1. The van der Waals surface area contributed by atoms with Gasteiger partial charge in [-0.2, -0.15) is 15.1 Å². The maximum atomic E-state index is 12.9. The third-order valence-corrected chi connectivity index (χ3v) is 6.81. The molecule has 0 bridgehead atoms. The molecule has 1 aliphatic carbocycles. The number of nitro groups is 1. The molecule has 1 N–H and O–H groups in total. The number of amides is 1. The van der Waals surface area contributed by atoms with E-state index in [0.29, 0.717) is 16.8 Å². The molecule has 0 atom stereocenters. The van der Waals surface area contributed by atoms with Crippen molar-refractivity contribution in [3.63, 3.8) is 0 Å².